The zero-order valence-electron chi connectivity index (χ0n) is 13.4. The van der Waals surface area contributed by atoms with Crippen LogP contribution in [0.3, 0.4) is 0 Å². The largest absolute Gasteiger partial charge is 0.319 e. The van der Waals surface area contributed by atoms with Crippen molar-refractivity contribution in [3.8, 4) is 11.4 Å². The molecule has 1 heterocycles. The highest BCUT2D eigenvalue weighted by Gasteiger charge is 2.13. The number of fused-ring (bicyclic) bond motifs is 1. The minimum Gasteiger partial charge on any atom is -0.319 e. The van der Waals surface area contributed by atoms with E-state index in [0.29, 0.717) is 0 Å². The van der Waals surface area contributed by atoms with Crippen molar-refractivity contribution in [1.82, 2.24) is 9.55 Å². The second-order valence-electron chi connectivity index (χ2n) is 6.01. The van der Waals surface area contributed by atoms with Crippen molar-refractivity contribution in [3.63, 3.8) is 0 Å². The number of aryl methyl sites for hydroxylation is 1. The normalized spacial score (nSPS) is 11.1. The number of nitrogens with zero attached hydrogens (tertiary/aromatic N) is 2. The van der Waals surface area contributed by atoms with Gasteiger partial charge in [0.15, 0.2) is 0 Å². The molecule has 0 saturated carbocycles. The lowest BCUT2D eigenvalue weighted by atomic mass is 10.1. The predicted octanol–water partition coefficient (Wildman–Crippen LogP) is 5.71. The van der Waals surface area contributed by atoms with Crippen LogP contribution in [0.2, 0.25) is 5.02 Å². The van der Waals surface area contributed by atoms with Crippen LogP contribution in [0.5, 0.6) is 0 Å². The van der Waals surface area contributed by atoms with Crippen LogP contribution in [-0.2, 0) is 6.54 Å². The van der Waals surface area contributed by atoms with Gasteiger partial charge in [0, 0.05) is 17.1 Å². The summed E-state index contributed by atoms with van der Waals surface area (Å²) in [6, 6.07) is 24.7. The van der Waals surface area contributed by atoms with E-state index in [1.165, 1.54) is 11.1 Å². The highest BCUT2D eigenvalue weighted by atomic mass is 35.5. The van der Waals surface area contributed by atoms with Gasteiger partial charge in [0.1, 0.15) is 5.82 Å². The SMILES string of the molecule is Cc1cccc(-c2nc3ccccc3n2Cc2cccc(Cl)c2)c1. The average molecular weight is 333 g/mol. The molecule has 0 bridgehead atoms. The minimum absolute atomic E-state index is 0.740. The number of benzene rings is 3. The Kier molecular flexibility index (Phi) is 3.83. The molecule has 0 fully saturated rings. The molecule has 1 aromatic heterocycles. The van der Waals surface area contributed by atoms with Crippen molar-refractivity contribution < 1.29 is 0 Å². The van der Waals surface area contributed by atoms with Crippen LogP contribution in [-0.4, -0.2) is 9.55 Å². The van der Waals surface area contributed by atoms with Crippen LogP contribution in [0.15, 0.2) is 72.8 Å². The lowest BCUT2D eigenvalue weighted by Gasteiger charge is -2.10. The van der Waals surface area contributed by atoms with Crippen molar-refractivity contribution in [3.05, 3.63) is 88.9 Å². The van der Waals surface area contributed by atoms with E-state index < -0.39 is 0 Å². The van der Waals surface area contributed by atoms with Gasteiger partial charge in [0.25, 0.3) is 0 Å². The van der Waals surface area contributed by atoms with Crippen molar-refractivity contribution >= 4 is 22.6 Å². The van der Waals surface area contributed by atoms with E-state index in [-0.39, 0.29) is 0 Å². The number of rotatable bonds is 3. The predicted molar refractivity (Wildman–Crippen MR) is 100 cm³/mol. The van der Waals surface area contributed by atoms with Gasteiger partial charge in [-0.2, -0.15) is 0 Å². The Morgan fingerprint density at radius 3 is 2.58 bits per heavy atom. The smallest absolute Gasteiger partial charge is 0.141 e. The van der Waals surface area contributed by atoms with Crippen LogP contribution < -0.4 is 0 Å². The first-order valence-corrected chi connectivity index (χ1v) is 8.35. The van der Waals surface area contributed by atoms with Crippen molar-refractivity contribution in [2.75, 3.05) is 0 Å². The molecule has 118 valence electrons. The van der Waals surface area contributed by atoms with E-state index in [1.54, 1.807) is 0 Å². The maximum Gasteiger partial charge on any atom is 0.141 e. The quantitative estimate of drug-likeness (QED) is 0.469. The van der Waals surface area contributed by atoms with Crippen LogP contribution in [0.25, 0.3) is 22.4 Å². The molecule has 24 heavy (non-hydrogen) atoms. The maximum absolute atomic E-state index is 6.16. The summed E-state index contributed by atoms with van der Waals surface area (Å²) in [5, 5.41) is 0.758. The molecule has 0 atom stereocenters. The number of para-hydroxylation sites is 2. The van der Waals surface area contributed by atoms with Crippen LogP contribution >= 0.6 is 11.6 Å². The van der Waals surface area contributed by atoms with E-state index in [1.807, 2.05) is 24.3 Å². The average Bonchev–Trinajstić information content (AvgIpc) is 2.94. The Bertz CT molecular complexity index is 1020. The van der Waals surface area contributed by atoms with E-state index in [9.17, 15) is 0 Å². The van der Waals surface area contributed by atoms with Gasteiger partial charge in [0.05, 0.1) is 11.0 Å². The molecule has 0 amide bonds. The molecule has 4 rings (SSSR count). The van der Waals surface area contributed by atoms with E-state index in [4.69, 9.17) is 16.6 Å². The molecule has 0 aliphatic carbocycles. The minimum atomic E-state index is 0.740. The summed E-state index contributed by atoms with van der Waals surface area (Å²) in [5.74, 6) is 0.986. The highest BCUT2D eigenvalue weighted by molar-refractivity contribution is 6.30. The molecule has 0 saturated heterocycles. The van der Waals surface area contributed by atoms with E-state index >= 15 is 0 Å². The second-order valence-corrected chi connectivity index (χ2v) is 6.45. The summed E-state index contributed by atoms with van der Waals surface area (Å²) in [6.07, 6.45) is 0. The fourth-order valence-electron chi connectivity index (χ4n) is 3.06. The van der Waals surface area contributed by atoms with Gasteiger partial charge in [-0.3, -0.25) is 0 Å². The Hall–Kier alpha value is -2.58. The monoisotopic (exact) mass is 332 g/mol. The van der Waals surface area contributed by atoms with Crippen LogP contribution in [0.1, 0.15) is 11.1 Å². The van der Waals surface area contributed by atoms with Gasteiger partial charge in [-0.05, 0) is 42.8 Å². The molecular weight excluding hydrogens is 316 g/mol. The number of aromatic nitrogens is 2. The van der Waals surface area contributed by atoms with E-state index in [0.717, 1.165) is 34.0 Å². The standard InChI is InChI=1S/C21H17ClN2/c1-15-6-4-8-17(12-15)21-23-19-10-2-3-11-20(19)24(21)14-16-7-5-9-18(22)13-16/h2-13H,14H2,1H3. The molecule has 4 aromatic rings. The number of halogens is 1. The molecule has 0 aliphatic rings. The molecule has 0 spiro atoms. The zero-order chi connectivity index (χ0) is 16.5. The Balaban J connectivity index is 1.90. The first-order valence-electron chi connectivity index (χ1n) is 7.97. The molecule has 0 N–H and O–H groups in total. The topological polar surface area (TPSA) is 17.8 Å². The molecule has 2 nitrogen and oxygen atoms in total. The summed E-state index contributed by atoms with van der Waals surface area (Å²) in [6.45, 7) is 2.85. The number of hydrogen-bond acceptors (Lipinski definition) is 1. The fourth-order valence-corrected chi connectivity index (χ4v) is 3.27. The van der Waals surface area contributed by atoms with Crippen molar-refractivity contribution in [2.24, 2.45) is 0 Å². The van der Waals surface area contributed by atoms with E-state index in [2.05, 4.69) is 60.0 Å². The lowest BCUT2D eigenvalue weighted by Crippen LogP contribution is -2.02. The van der Waals surface area contributed by atoms with Crippen LogP contribution in [0, 0.1) is 6.92 Å². The number of hydrogen-bond donors (Lipinski definition) is 0. The van der Waals surface area contributed by atoms with Gasteiger partial charge >= 0.3 is 0 Å². The molecule has 0 unspecified atom stereocenters. The lowest BCUT2D eigenvalue weighted by molar-refractivity contribution is 0.834. The Morgan fingerprint density at radius 2 is 1.75 bits per heavy atom. The molecule has 3 aromatic carbocycles. The molecule has 0 radical (unpaired) electrons. The first kappa shape index (κ1) is 15.0. The summed E-state index contributed by atoms with van der Waals surface area (Å²) < 4.78 is 2.26. The van der Waals surface area contributed by atoms with Crippen molar-refractivity contribution in [1.29, 1.82) is 0 Å². The third-order valence-electron chi connectivity index (χ3n) is 4.16. The second kappa shape index (κ2) is 6.14. The van der Waals surface area contributed by atoms with Gasteiger partial charge in [-0.1, -0.05) is 59.6 Å². The fraction of sp³-hybridized carbons (Fsp3) is 0.0952. The molecule has 3 heteroatoms. The Morgan fingerprint density at radius 1 is 0.917 bits per heavy atom. The summed E-state index contributed by atoms with van der Waals surface area (Å²) >= 11 is 6.16. The third kappa shape index (κ3) is 2.81. The first-order chi connectivity index (χ1) is 11.7. The van der Waals surface area contributed by atoms with Gasteiger partial charge < -0.3 is 4.57 Å². The highest BCUT2D eigenvalue weighted by Crippen LogP contribution is 2.27. The van der Waals surface area contributed by atoms with Gasteiger partial charge in [-0.15, -0.1) is 0 Å². The third-order valence-corrected chi connectivity index (χ3v) is 4.40. The van der Waals surface area contributed by atoms with Crippen LogP contribution in [0.4, 0.5) is 0 Å². The summed E-state index contributed by atoms with van der Waals surface area (Å²) in [5.41, 5.74) is 5.67. The number of imidazole rings is 1. The van der Waals surface area contributed by atoms with Gasteiger partial charge in [-0.25, -0.2) is 4.98 Å². The zero-order valence-corrected chi connectivity index (χ0v) is 14.2. The summed E-state index contributed by atoms with van der Waals surface area (Å²) in [4.78, 5) is 4.87. The molecular formula is C21H17ClN2. The Labute approximate surface area is 146 Å². The molecule has 0 aliphatic heterocycles. The van der Waals surface area contributed by atoms with Gasteiger partial charge in [0.2, 0.25) is 0 Å². The maximum atomic E-state index is 6.16. The summed E-state index contributed by atoms with van der Waals surface area (Å²) in [7, 11) is 0. The van der Waals surface area contributed by atoms with Crippen molar-refractivity contribution in [2.45, 2.75) is 13.5 Å².